The second kappa shape index (κ2) is 10.8. The van der Waals surface area contributed by atoms with Gasteiger partial charge in [-0.3, -0.25) is 4.79 Å². The first-order valence-corrected chi connectivity index (χ1v) is 11.2. The maximum absolute atomic E-state index is 12.6. The van der Waals surface area contributed by atoms with E-state index in [1.54, 1.807) is 32.2 Å². The van der Waals surface area contributed by atoms with Crippen molar-refractivity contribution in [2.75, 3.05) is 13.6 Å². The molecule has 0 saturated carbocycles. The highest BCUT2D eigenvalue weighted by atomic mass is 35.5. The number of nitrogens with one attached hydrogen (secondary N) is 2. The Labute approximate surface area is 194 Å². The molecular formula is C25H31ClN4O2. The summed E-state index contributed by atoms with van der Waals surface area (Å²) in [5.41, 5.74) is 9.02. The molecule has 0 spiro atoms. The summed E-state index contributed by atoms with van der Waals surface area (Å²) in [7, 11) is 1.68. The van der Waals surface area contributed by atoms with Gasteiger partial charge in [0.05, 0.1) is 18.4 Å². The van der Waals surface area contributed by atoms with Gasteiger partial charge in [-0.2, -0.15) is 0 Å². The van der Waals surface area contributed by atoms with Crippen LogP contribution in [0, 0.1) is 5.41 Å². The molecule has 32 heavy (non-hydrogen) atoms. The molecule has 1 saturated heterocycles. The zero-order chi connectivity index (χ0) is 23.3. The van der Waals surface area contributed by atoms with E-state index < -0.39 is 6.10 Å². The first-order valence-electron chi connectivity index (χ1n) is 10.8. The average molecular weight is 455 g/mol. The maximum Gasteiger partial charge on any atom is 0.253 e. The number of nitrogens with two attached hydrogens (primary N) is 1. The summed E-state index contributed by atoms with van der Waals surface area (Å²) in [6, 6.07) is 15.2. The molecule has 1 aliphatic rings. The minimum absolute atomic E-state index is 0.0113. The van der Waals surface area contributed by atoms with Gasteiger partial charge < -0.3 is 26.5 Å². The summed E-state index contributed by atoms with van der Waals surface area (Å²) in [5, 5.41) is 22.8. The summed E-state index contributed by atoms with van der Waals surface area (Å²) in [5.74, 6) is -0.130. The predicted molar refractivity (Wildman–Crippen MR) is 129 cm³/mol. The van der Waals surface area contributed by atoms with Crippen LogP contribution < -0.4 is 11.1 Å². The molecule has 1 fully saturated rings. The highest BCUT2D eigenvalue weighted by Crippen LogP contribution is 2.27. The summed E-state index contributed by atoms with van der Waals surface area (Å²) in [4.78, 5) is 14.1. The molecule has 7 heteroatoms. The Balaban J connectivity index is 1.53. The van der Waals surface area contributed by atoms with Crippen molar-refractivity contribution in [3.8, 4) is 0 Å². The Kier molecular flexibility index (Phi) is 8.07. The van der Waals surface area contributed by atoms with E-state index >= 15 is 0 Å². The smallest absolute Gasteiger partial charge is 0.253 e. The lowest BCUT2D eigenvalue weighted by Crippen LogP contribution is -2.35. The van der Waals surface area contributed by atoms with Crippen LogP contribution in [0.3, 0.4) is 0 Å². The van der Waals surface area contributed by atoms with Crippen LogP contribution in [0.1, 0.15) is 47.4 Å². The van der Waals surface area contributed by atoms with Crippen LogP contribution >= 0.6 is 11.6 Å². The predicted octanol–water partition coefficient (Wildman–Crippen LogP) is 3.69. The Morgan fingerprint density at radius 2 is 1.91 bits per heavy atom. The fourth-order valence-electron chi connectivity index (χ4n) is 4.09. The zero-order valence-corrected chi connectivity index (χ0v) is 19.3. The molecule has 0 aliphatic carbocycles. The molecule has 2 aromatic carbocycles. The van der Waals surface area contributed by atoms with Gasteiger partial charge in [0.2, 0.25) is 0 Å². The van der Waals surface area contributed by atoms with Gasteiger partial charge in [-0.25, -0.2) is 0 Å². The van der Waals surface area contributed by atoms with Crippen molar-refractivity contribution >= 4 is 23.2 Å². The fraction of sp³-hybridized carbons (Fsp3) is 0.360. The number of hydrogen-bond acceptors (Lipinski definition) is 5. The van der Waals surface area contributed by atoms with Gasteiger partial charge in [0.25, 0.3) is 5.91 Å². The average Bonchev–Trinajstić information content (AvgIpc) is 3.21. The van der Waals surface area contributed by atoms with Gasteiger partial charge in [0, 0.05) is 35.4 Å². The molecule has 1 amide bonds. The van der Waals surface area contributed by atoms with Gasteiger partial charge in [0.1, 0.15) is 0 Å². The molecule has 0 unspecified atom stereocenters. The van der Waals surface area contributed by atoms with Crippen molar-refractivity contribution in [1.82, 2.24) is 10.2 Å². The molecule has 170 valence electrons. The van der Waals surface area contributed by atoms with E-state index in [2.05, 4.69) is 5.32 Å². The first-order chi connectivity index (χ1) is 15.2. The summed E-state index contributed by atoms with van der Waals surface area (Å²) < 4.78 is 0. The summed E-state index contributed by atoms with van der Waals surface area (Å²) in [6.07, 6.45) is 3.70. The highest BCUT2D eigenvalue weighted by Gasteiger charge is 2.30. The molecule has 6 nitrogen and oxygen atoms in total. The Morgan fingerprint density at radius 1 is 1.25 bits per heavy atom. The van der Waals surface area contributed by atoms with Gasteiger partial charge in [-0.15, -0.1) is 0 Å². The summed E-state index contributed by atoms with van der Waals surface area (Å²) >= 11 is 5.94. The summed E-state index contributed by atoms with van der Waals surface area (Å²) in [6.45, 7) is 1.92. The van der Waals surface area contributed by atoms with Crippen LogP contribution in [-0.2, 0) is 6.42 Å². The normalized spacial score (nSPS) is 19.6. The number of carbonyl (C=O) groups excluding carboxylic acids is 1. The van der Waals surface area contributed by atoms with Crippen molar-refractivity contribution in [3.05, 3.63) is 82.0 Å². The second-order valence-corrected chi connectivity index (χ2v) is 8.96. The number of aliphatic hydroxyl groups excluding tert-OH is 1. The molecule has 0 bridgehead atoms. The van der Waals surface area contributed by atoms with Gasteiger partial charge >= 0.3 is 0 Å². The number of rotatable bonds is 8. The standard InChI is InChI=1S/C25H31ClN4O2/c1-16(27)13-21(28)15-30(2)25(32)19-5-3-17(4-6-19)14-22-11-12-23(29-22)24(31)18-7-9-20(26)10-8-18/h3-10,13,22-24,28-29,31H,11-12,14-15,27H2,1-2H3/b16-13-,28-21?/t22-,23+,24+/m0/s1. The molecule has 3 atom stereocenters. The Morgan fingerprint density at radius 3 is 2.53 bits per heavy atom. The van der Waals surface area contributed by atoms with Crippen molar-refractivity contribution < 1.29 is 9.90 Å². The lowest BCUT2D eigenvalue weighted by Gasteiger charge is -2.21. The quantitative estimate of drug-likeness (QED) is 0.457. The van der Waals surface area contributed by atoms with E-state index in [0.29, 0.717) is 22.0 Å². The van der Waals surface area contributed by atoms with Crippen LogP contribution in [0.25, 0.3) is 0 Å². The van der Waals surface area contributed by atoms with E-state index in [-0.39, 0.29) is 24.5 Å². The van der Waals surface area contributed by atoms with Gasteiger partial charge in [-0.1, -0.05) is 35.9 Å². The van der Waals surface area contributed by atoms with Crippen LogP contribution in [-0.4, -0.2) is 47.3 Å². The van der Waals surface area contributed by atoms with Crippen molar-refractivity contribution in [2.45, 2.75) is 44.4 Å². The van der Waals surface area contributed by atoms with E-state index in [9.17, 15) is 9.90 Å². The van der Waals surface area contributed by atoms with Crippen molar-refractivity contribution in [1.29, 1.82) is 5.41 Å². The molecule has 1 aliphatic heterocycles. The number of hydrogen-bond donors (Lipinski definition) is 4. The van der Waals surface area contributed by atoms with Gasteiger partial charge in [0.15, 0.2) is 0 Å². The number of allylic oxidation sites excluding steroid dienone is 1. The number of carbonyl (C=O) groups is 1. The Bertz CT molecular complexity index is 968. The topological polar surface area (TPSA) is 102 Å². The van der Waals surface area contributed by atoms with Crippen molar-refractivity contribution in [3.63, 3.8) is 0 Å². The van der Waals surface area contributed by atoms with E-state index in [0.717, 1.165) is 30.4 Å². The minimum Gasteiger partial charge on any atom is -0.402 e. The third-order valence-corrected chi connectivity index (χ3v) is 5.96. The first kappa shape index (κ1) is 24.0. The molecule has 5 N–H and O–H groups in total. The lowest BCUT2D eigenvalue weighted by molar-refractivity contribution is 0.0815. The number of halogens is 1. The third kappa shape index (κ3) is 6.42. The van der Waals surface area contributed by atoms with Crippen molar-refractivity contribution in [2.24, 2.45) is 5.73 Å². The largest absolute Gasteiger partial charge is 0.402 e. The van der Waals surface area contributed by atoms with E-state index in [1.165, 1.54) is 4.90 Å². The van der Waals surface area contributed by atoms with Crippen LogP contribution in [0.4, 0.5) is 0 Å². The molecule has 0 aromatic heterocycles. The fourth-order valence-corrected chi connectivity index (χ4v) is 4.21. The number of aliphatic hydroxyl groups is 1. The molecule has 0 radical (unpaired) electrons. The van der Waals surface area contributed by atoms with E-state index in [4.69, 9.17) is 22.7 Å². The van der Waals surface area contributed by atoms with E-state index in [1.807, 2.05) is 36.4 Å². The molecular weight excluding hydrogens is 424 g/mol. The lowest BCUT2D eigenvalue weighted by atomic mass is 10.0. The molecule has 1 heterocycles. The number of nitrogens with zero attached hydrogens (tertiary/aromatic N) is 1. The molecule has 2 aromatic rings. The zero-order valence-electron chi connectivity index (χ0n) is 18.5. The third-order valence-electron chi connectivity index (χ3n) is 5.71. The van der Waals surface area contributed by atoms with Crippen LogP contribution in [0.5, 0.6) is 0 Å². The highest BCUT2D eigenvalue weighted by molar-refractivity contribution is 6.30. The minimum atomic E-state index is -0.565. The maximum atomic E-state index is 12.6. The van der Waals surface area contributed by atoms with Gasteiger partial charge in [-0.05, 0) is 67.7 Å². The number of amides is 1. The SMILES string of the molecule is C/C(N)=C/C(=N)CN(C)C(=O)c1ccc(C[C@@H]2CC[C@H]([C@H](O)c3ccc(Cl)cc3)N2)cc1. The monoisotopic (exact) mass is 454 g/mol. The van der Waals surface area contributed by atoms with Crippen LogP contribution in [0.2, 0.25) is 5.02 Å². The van der Waals surface area contributed by atoms with Crippen LogP contribution in [0.15, 0.2) is 60.3 Å². The Hall–Kier alpha value is -2.67. The second-order valence-electron chi connectivity index (χ2n) is 8.52. The number of benzene rings is 2. The molecule has 3 rings (SSSR count).